The van der Waals surface area contributed by atoms with Crippen molar-refractivity contribution in [3.63, 3.8) is 0 Å². The molecule has 0 fully saturated rings. The first-order chi connectivity index (χ1) is 9.93. The molecular formula is C14H17N5O2. The first-order valence-electron chi connectivity index (χ1n) is 6.62. The predicted molar refractivity (Wildman–Crippen MR) is 78.7 cm³/mol. The fourth-order valence-electron chi connectivity index (χ4n) is 2.68. The molecule has 3 heterocycles. The van der Waals surface area contributed by atoms with Crippen molar-refractivity contribution >= 4 is 5.82 Å². The van der Waals surface area contributed by atoms with Gasteiger partial charge in [-0.05, 0) is 12.2 Å². The van der Waals surface area contributed by atoms with Gasteiger partial charge in [-0.25, -0.2) is 9.79 Å². The van der Waals surface area contributed by atoms with E-state index < -0.39 is 0 Å². The number of rotatable bonds is 1. The zero-order valence-electron chi connectivity index (χ0n) is 12.4. The highest BCUT2D eigenvalue weighted by Crippen LogP contribution is 2.18. The zero-order chi connectivity index (χ0) is 15.3. The highest BCUT2D eigenvalue weighted by molar-refractivity contribution is 5.45. The van der Waals surface area contributed by atoms with E-state index in [0.717, 1.165) is 10.4 Å². The van der Waals surface area contributed by atoms with Gasteiger partial charge in [-0.2, -0.15) is 0 Å². The Balaban J connectivity index is 2.59. The molecule has 0 bridgehead atoms. The lowest BCUT2D eigenvalue weighted by Gasteiger charge is -2.35. The number of fused-ring (bicyclic) bond motifs is 2. The molecule has 1 atom stereocenters. The molecule has 0 saturated heterocycles. The van der Waals surface area contributed by atoms with E-state index in [9.17, 15) is 9.59 Å². The van der Waals surface area contributed by atoms with E-state index >= 15 is 0 Å². The van der Waals surface area contributed by atoms with E-state index in [2.05, 4.69) is 4.99 Å². The van der Waals surface area contributed by atoms with Crippen LogP contribution in [0.1, 0.15) is 0 Å². The Hall–Kier alpha value is -2.57. The van der Waals surface area contributed by atoms with Crippen molar-refractivity contribution in [2.45, 2.75) is 6.17 Å². The Morgan fingerprint density at radius 1 is 1.14 bits per heavy atom. The van der Waals surface area contributed by atoms with Crippen molar-refractivity contribution < 1.29 is 0 Å². The Morgan fingerprint density at radius 3 is 2.52 bits per heavy atom. The van der Waals surface area contributed by atoms with Crippen LogP contribution in [0.15, 0.2) is 39.0 Å². The van der Waals surface area contributed by atoms with E-state index in [1.165, 1.54) is 11.6 Å². The van der Waals surface area contributed by atoms with Crippen molar-refractivity contribution in [3.05, 3.63) is 56.0 Å². The maximum Gasteiger partial charge on any atom is 0.332 e. The zero-order valence-corrected chi connectivity index (χ0v) is 12.4. The summed E-state index contributed by atoms with van der Waals surface area (Å²) in [4.78, 5) is 33.0. The number of allylic oxidation sites excluding steroid dienone is 2. The standard InChI is InChI=1S/C14H17N5O2/c1-16(2)12-10-11(15-9-7-5-6-8-19(9)12)17(3)14(21)18(4)13(10)20/h5-9H,1-4H3/t9-/m1/s1. The molecule has 1 aromatic rings. The van der Waals surface area contributed by atoms with Crippen LogP contribution in [-0.2, 0) is 14.1 Å². The minimum atomic E-state index is -0.371. The van der Waals surface area contributed by atoms with Gasteiger partial charge in [0, 0.05) is 34.4 Å². The molecule has 0 aromatic carbocycles. The maximum absolute atomic E-state index is 12.5. The van der Waals surface area contributed by atoms with Crippen LogP contribution in [0.2, 0.25) is 0 Å². The molecule has 7 heteroatoms. The molecule has 0 radical (unpaired) electrons. The molecule has 110 valence electrons. The third-order valence-electron chi connectivity index (χ3n) is 3.71. The van der Waals surface area contributed by atoms with Crippen LogP contribution in [-0.4, -0.2) is 39.2 Å². The third-order valence-corrected chi connectivity index (χ3v) is 3.71. The second-order valence-corrected chi connectivity index (χ2v) is 5.30. The van der Waals surface area contributed by atoms with Gasteiger partial charge in [0.05, 0.1) is 0 Å². The van der Waals surface area contributed by atoms with E-state index in [1.54, 1.807) is 7.05 Å². The third kappa shape index (κ3) is 1.77. The largest absolute Gasteiger partial charge is 0.363 e. The van der Waals surface area contributed by atoms with Gasteiger partial charge in [0.2, 0.25) is 0 Å². The number of hydrogen-bond donors (Lipinski definition) is 0. The Morgan fingerprint density at radius 2 is 1.86 bits per heavy atom. The minimum Gasteiger partial charge on any atom is -0.363 e. The van der Waals surface area contributed by atoms with Crippen molar-refractivity contribution in [1.82, 2.24) is 18.9 Å². The van der Waals surface area contributed by atoms with Crippen LogP contribution >= 0.6 is 0 Å². The molecule has 7 nitrogen and oxygen atoms in total. The lowest BCUT2D eigenvalue weighted by molar-refractivity contribution is 0.346. The highest BCUT2D eigenvalue weighted by Gasteiger charge is 2.26. The van der Waals surface area contributed by atoms with E-state index in [4.69, 9.17) is 0 Å². The lowest BCUT2D eigenvalue weighted by Crippen LogP contribution is -2.62. The predicted octanol–water partition coefficient (Wildman–Crippen LogP) is -1.94. The summed E-state index contributed by atoms with van der Waals surface area (Å²) in [6.07, 6.45) is 7.37. The topological polar surface area (TPSA) is 62.8 Å². The van der Waals surface area contributed by atoms with Crippen LogP contribution in [0.25, 0.3) is 5.82 Å². The Bertz CT molecular complexity index is 901. The summed E-state index contributed by atoms with van der Waals surface area (Å²) in [5, 5.41) is 0.445. The second-order valence-electron chi connectivity index (χ2n) is 5.30. The summed E-state index contributed by atoms with van der Waals surface area (Å²) >= 11 is 0. The van der Waals surface area contributed by atoms with Crippen LogP contribution in [0.3, 0.4) is 0 Å². The molecule has 1 aromatic heterocycles. The average molecular weight is 287 g/mol. The average Bonchev–Trinajstić information content (AvgIpc) is 2.48. The van der Waals surface area contributed by atoms with Crippen LogP contribution in [0, 0.1) is 0 Å². The summed E-state index contributed by atoms with van der Waals surface area (Å²) in [6.45, 7) is 0. The van der Waals surface area contributed by atoms with Crippen molar-refractivity contribution in [1.29, 1.82) is 0 Å². The quantitative estimate of drug-likeness (QED) is 0.603. The van der Waals surface area contributed by atoms with Gasteiger partial charge in [0.25, 0.3) is 5.56 Å². The van der Waals surface area contributed by atoms with Crippen LogP contribution in [0.4, 0.5) is 0 Å². The summed E-state index contributed by atoms with van der Waals surface area (Å²) < 4.78 is 2.53. The maximum atomic E-state index is 12.5. The molecule has 0 N–H and O–H groups in total. The number of hydrogen-bond acceptors (Lipinski definition) is 5. The SMILES string of the molecule is CN(C)C1=c2c(=O)n(C)c(=O)n(C)c2=N[C@H]2C=CC=CN12. The molecule has 0 amide bonds. The van der Waals surface area contributed by atoms with Gasteiger partial charge in [0.15, 0.2) is 5.49 Å². The molecule has 0 spiro atoms. The van der Waals surface area contributed by atoms with Gasteiger partial charge < -0.3 is 9.80 Å². The Kier molecular flexibility index (Phi) is 2.86. The van der Waals surface area contributed by atoms with Gasteiger partial charge in [-0.3, -0.25) is 13.9 Å². The summed E-state index contributed by atoms with van der Waals surface area (Å²) in [6, 6.07) is 0. The van der Waals surface area contributed by atoms with E-state index in [0.29, 0.717) is 10.7 Å². The second kappa shape index (κ2) is 4.47. The molecule has 2 aliphatic rings. The number of nitrogens with zero attached hydrogens (tertiary/aromatic N) is 5. The smallest absolute Gasteiger partial charge is 0.332 e. The summed E-state index contributed by atoms with van der Waals surface area (Å²) in [7, 11) is 6.86. The first-order valence-corrected chi connectivity index (χ1v) is 6.62. The molecule has 0 saturated carbocycles. The van der Waals surface area contributed by atoms with E-state index in [-0.39, 0.29) is 17.4 Å². The highest BCUT2D eigenvalue weighted by atomic mass is 16.2. The molecular weight excluding hydrogens is 270 g/mol. The number of aromatic nitrogens is 2. The fraction of sp³-hybridized carbons (Fsp3) is 0.357. The van der Waals surface area contributed by atoms with E-state index in [1.807, 2.05) is 48.3 Å². The van der Waals surface area contributed by atoms with Gasteiger partial charge in [-0.15, -0.1) is 0 Å². The van der Waals surface area contributed by atoms with Crippen molar-refractivity contribution in [2.24, 2.45) is 19.1 Å². The summed E-state index contributed by atoms with van der Waals surface area (Å²) in [5.74, 6) is 0.738. The monoisotopic (exact) mass is 287 g/mol. The fourth-order valence-corrected chi connectivity index (χ4v) is 2.68. The van der Waals surface area contributed by atoms with Gasteiger partial charge in [0.1, 0.15) is 17.2 Å². The lowest BCUT2D eigenvalue weighted by atomic mass is 10.2. The Labute approximate surface area is 121 Å². The van der Waals surface area contributed by atoms with Crippen LogP contribution < -0.4 is 22.0 Å². The summed E-state index contributed by atoms with van der Waals surface area (Å²) in [5.41, 5.74) is -0.278. The molecule has 21 heavy (non-hydrogen) atoms. The normalized spacial score (nSPS) is 19.1. The molecule has 2 aliphatic heterocycles. The van der Waals surface area contributed by atoms with Gasteiger partial charge in [-0.1, -0.05) is 6.08 Å². The molecule has 3 rings (SSSR count). The molecule has 0 unspecified atom stereocenters. The van der Waals surface area contributed by atoms with Crippen molar-refractivity contribution in [3.8, 4) is 0 Å². The van der Waals surface area contributed by atoms with Crippen molar-refractivity contribution in [2.75, 3.05) is 14.1 Å². The van der Waals surface area contributed by atoms with Crippen LogP contribution in [0.5, 0.6) is 0 Å². The minimum absolute atomic E-state index is 0.238. The van der Waals surface area contributed by atoms with Gasteiger partial charge >= 0.3 is 5.69 Å². The molecule has 0 aliphatic carbocycles. The first kappa shape index (κ1) is 13.4.